The third kappa shape index (κ3) is 5.22. The predicted molar refractivity (Wildman–Crippen MR) is 79.5 cm³/mol. The van der Waals surface area contributed by atoms with E-state index in [1.807, 2.05) is 11.8 Å². The molecule has 1 rings (SSSR count). The van der Waals surface area contributed by atoms with Crippen molar-refractivity contribution in [2.24, 2.45) is 5.73 Å². The Hall–Kier alpha value is -1.04. The first-order chi connectivity index (χ1) is 8.73. The van der Waals surface area contributed by atoms with Crippen LogP contribution in [0.1, 0.15) is 31.9 Å². The van der Waals surface area contributed by atoms with Gasteiger partial charge in [0.05, 0.1) is 5.60 Å². The van der Waals surface area contributed by atoms with Crippen LogP contribution in [0.15, 0.2) is 18.2 Å². The SMILES string of the molecule is CCN(Cc1cc(C(N)=S)ccc1F)CC(C)(C)O. The summed E-state index contributed by atoms with van der Waals surface area (Å²) in [5.74, 6) is -0.283. The van der Waals surface area contributed by atoms with Crippen molar-refractivity contribution in [1.29, 1.82) is 0 Å². The number of likely N-dealkylation sites (N-methyl/N-ethyl adjacent to an activating group) is 1. The van der Waals surface area contributed by atoms with Crippen molar-refractivity contribution >= 4 is 17.2 Å². The summed E-state index contributed by atoms with van der Waals surface area (Å²) in [6, 6.07) is 4.62. The molecule has 0 atom stereocenters. The van der Waals surface area contributed by atoms with Gasteiger partial charge < -0.3 is 10.8 Å². The van der Waals surface area contributed by atoms with Gasteiger partial charge in [-0.15, -0.1) is 0 Å². The number of aliphatic hydroxyl groups is 1. The van der Waals surface area contributed by atoms with Gasteiger partial charge in [0.25, 0.3) is 0 Å². The van der Waals surface area contributed by atoms with Crippen molar-refractivity contribution in [1.82, 2.24) is 4.90 Å². The van der Waals surface area contributed by atoms with Crippen molar-refractivity contribution < 1.29 is 9.50 Å². The lowest BCUT2D eigenvalue weighted by Gasteiger charge is -2.28. The molecule has 0 aliphatic carbocycles. The van der Waals surface area contributed by atoms with Crippen LogP contribution >= 0.6 is 12.2 Å². The van der Waals surface area contributed by atoms with Gasteiger partial charge in [-0.05, 0) is 38.6 Å². The van der Waals surface area contributed by atoms with Crippen molar-refractivity contribution in [3.63, 3.8) is 0 Å². The minimum Gasteiger partial charge on any atom is -0.389 e. The molecule has 0 spiro atoms. The molecular weight excluding hydrogens is 263 g/mol. The van der Waals surface area contributed by atoms with Crippen LogP contribution < -0.4 is 5.73 Å². The summed E-state index contributed by atoms with van der Waals surface area (Å²) in [5.41, 5.74) is 5.94. The fourth-order valence-corrected chi connectivity index (χ4v) is 2.04. The van der Waals surface area contributed by atoms with E-state index in [0.29, 0.717) is 24.2 Å². The molecule has 0 radical (unpaired) electrons. The van der Waals surface area contributed by atoms with Crippen LogP contribution in [-0.4, -0.2) is 33.7 Å². The molecule has 0 saturated heterocycles. The van der Waals surface area contributed by atoms with E-state index in [-0.39, 0.29) is 10.8 Å². The number of rotatable bonds is 6. The van der Waals surface area contributed by atoms with Gasteiger partial charge in [0, 0.05) is 24.2 Å². The van der Waals surface area contributed by atoms with Crippen molar-refractivity contribution in [2.75, 3.05) is 13.1 Å². The Morgan fingerprint density at radius 2 is 2.11 bits per heavy atom. The zero-order valence-corrected chi connectivity index (χ0v) is 12.4. The van der Waals surface area contributed by atoms with Crippen LogP contribution in [-0.2, 0) is 6.54 Å². The molecule has 0 aliphatic heterocycles. The summed E-state index contributed by atoms with van der Waals surface area (Å²) in [6.07, 6.45) is 0. The number of hydrogen-bond acceptors (Lipinski definition) is 3. The molecule has 0 unspecified atom stereocenters. The monoisotopic (exact) mass is 284 g/mol. The Bertz CT molecular complexity index is 457. The van der Waals surface area contributed by atoms with E-state index in [1.54, 1.807) is 26.0 Å². The summed E-state index contributed by atoms with van der Waals surface area (Å²) in [4.78, 5) is 2.23. The summed E-state index contributed by atoms with van der Waals surface area (Å²) in [5, 5.41) is 9.83. The van der Waals surface area contributed by atoms with Crippen LogP contribution in [0.4, 0.5) is 4.39 Å². The standard InChI is InChI=1S/C14H21FN2OS/c1-4-17(9-14(2,3)18)8-11-7-10(13(16)19)5-6-12(11)15/h5-7,18H,4,8-9H2,1-3H3,(H2,16,19). The first-order valence-corrected chi connectivity index (χ1v) is 6.66. The van der Waals surface area contributed by atoms with Crippen LogP contribution in [0.3, 0.4) is 0 Å². The van der Waals surface area contributed by atoms with E-state index in [2.05, 4.69) is 0 Å². The zero-order valence-electron chi connectivity index (χ0n) is 11.6. The Morgan fingerprint density at radius 3 is 2.58 bits per heavy atom. The molecule has 1 aromatic carbocycles. The van der Waals surface area contributed by atoms with Gasteiger partial charge in [0.2, 0.25) is 0 Å². The second-order valence-corrected chi connectivity index (χ2v) is 5.73. The minimum absolute atomic E-state index is 0.256. The Morgan fingerprint density at radius 1 is 1.47 bits per heavy atom. The summed E-state index contributed by atoms with van der Waals surface area (Å²) >= 11 is 4.90. The molecule has 3 N–H and O–H groups in total. The molecular formula is C14H21FN2OS. The second-order valence-electron chi connectivity index (χ2n) is 5.29. The molecule has 0 saturated carbocycles. The van der Waals surface area contributed by atoms with E-state index < -0.39 is 5.60 Å². The van der Waals surface area contributed by atoms with Crippen molar-refractivity contribution in [3.05, 3.63) is 35.1 Å². The first kappa shape index (κ1) is 16.0. The third-order valence-electron chi connectivity index (χ3n) is 2.78. The fourth-order valence-electron chi connectivity index (χ4n) is 1.92. The average Bonchev–Trinajstić information content (AvgIpc) is 2.28. The minimum atomic E-state index is -0.812. The predicted octanol–water partition coefficient (Wildman–Crippen LogP) is 2.05. The van der Waals surface area contributed by atoms with E-state index in [1.165, 1.54) is 6.07 Å². The number of thiocarbonyl (C=S) groups is 1. The van der Waals surface area contributed by atoms with Crippen molar-refractivity contribution in [2.45, 2.75) is 32.9 Å². The molecule has 19 heavy (non-hydrogen) atoms. The highest BCUT2D eigenvalue weighted by Gasteiger charge is 2.18. The second kappa shape index (κ2) is 6.41. The molecule has 0 aromatic heterocycles. The maximum absolute atomic E-state index is 13.8. The lowest BCUT2D eigenvalue weighted by molar-refractivity contribution is 0.0350. The first-order valence-electron chi connectivity index (χ1n) is 6.26. The molecule has 3 nitrogen and oxygen atoms in total. The fraction of sp³-hybridized carbons (Fsp3) is 0.500. The molecule has 5 heteroatoms. The van der Waals surface area contributed by atoms with Gasteiger partial charge in [0.1, 0.15) is 10.8 Å². The van der Waals surface area contributed by atoms with E-state index in [0.717, 1.165) is 6.54 Å². The molecule has 0 heterocycles. The maximum atomic E-state index is 13.8. The van der Waals surface area contributed by atoms with Crippen LogP contribution in [0, 0.1) is 5.82 Å². The lowest BCUT2D eigenvalue weighted by Crippen LogP contribution is -2.38. The van der Waals surface area contributed by atoms with Gasteiger partial charge in [0.15, 0.2) is 0 Å². The van der Waals surface area contributed by atoms with Crippen LogP contribution in [0.5, 0.6) is 0 Å². The highest BCUT2D eigenvalue weighted by molar-refractivity contribution is 7.80. The molecule has 1 aromatic rings. The average molecular weight is 284 g/mol. The number of halogens is 1. The highest BCUT2D eigenvalue weighted by atomic mass is 32.1. The highest BCUT2D eigenvalue weighted by Crippen LogP contribution is 2.15. The van der Waals surface area contributed by atoms with E-state index in [4.69, 9.17) is 18.0 Å². The normalized spacial score (nSPS) is 11.9. The number of benzene rings is 1. The molecule has 0 aliphatic rings. The molecule has 0 amide bonds. The topological polar surface area (TPSA) is 49.5 Å². The Labute approximate surface area is 119 Å². The van der Waals surface area contributed by atoms with Crippen LogP contribution in [0.2, 0.25) is 0 Å². The van der Waals surface area contributed by atoms with Gasteiger partial charge in [-0.3, -0.25) is 4.90 Å². The number of nitrogens with two attached hydrogens (primary N) is 1. The number of hydrogen-bond donors (Lipinski definition) is 2. The van der Waals surface area contributed by atoms with Gasteiger partial charge in [-0.25, -0.2) is 4.39 Å². The number of nitrogens with zero attached hydrogens (tertiary/aromatic N) is 1. The quantitative estimate of drug-likeness (QED) is 0.785. The van der Waals surface area contributed by atoms with E-state index >= 15 is 0 Å². The largest absolute Gasteiger partial charge is 0.389 e. The summed E-state index contributed by atoms with van der Waals surface area (Å²) in [7, 11) is 0. The summed E-state index contributed by atoms with van der Waals surface area (Å²) in [6.45, 7) is 7.06. The van der Waals surface area contributed by atoms with Crippen molar-refractivity contribution in [3.8, 4) is 0 Å². The van der Waals surface area contributed by atoms with Gasteiger partial charge in [-0.1, -0.05) is 19.1 Å². The maximum Gasteiger partial charge on any atom is 0.127 e. The Balaban J connectivity index is 2.90. The van der Waals surface area contributed by atoms with Gasteiger partial charge >= 0.3 is 0 Å². The molecule has 0 bridgehead atoms. The van der Waals surface area contributed by atoms with E-state index in [9.17, 15) is 9.50 Å². The third-order valence-corrected chi connectivity index (χ3v) is 3.02. The van der Waals surface area contributed by atoms with Crippen LogP contribution in [0.25, 0.3) is 0 Å². The zero-order chi connectivity index (χ0) is 14.6. The lowest BCUT2D eigenvalue weighted by atomic mass is 10.1. The molecule has 0 fully saturated rings. The summed E-state index contributed by atoms with van der Waals surface area (Å²) < 4.78 is 13.8. The Kier molecular flexibility index (Phi) is 5.40. The smallest absolute Gasteiger partial charge is 0.127 e. The van der Waals surface area contributed by atoms with Gasteiger partial charge in [-0.2, -0.15) is 0 Å². The molecule has 106 valence electrons.